The standard InChI is InChI=1S/C9H9BF4O4/c11-7-2-1-6(10(15)16)3-8(7)18-5-17-4-9(12,13)14/h1-3,15-16H,4-5H2. The second-order valence-electron chi connectivity index (χ2n) is 3.29. The monoisotopic (exact) mass is 268 g/mol. The van der Waals surface area contributed by atoms with Crippen LogP contribution in [0.25, 0.3) is 0 Å². The molecule has 1 rings (SSSR count). The summed E-state index contributed by atoms with van der Waals surface area (Å²) in [6.07, 6.45) is -4.49. The lowest BCUT2D eigenvalue weighted by atomic mass is 9.80. The summed E-state index contributed by atoms with van der Waals surface area (Å²) in [6, 6.07) is 2.95. The lowest BCUT2D eigenvalue weighted by Gasteiger charge is -2.10. The van der Waals surface area contributed by atoms with Crippen molar-refractivity contribution in [3.8, 4) is 5.75 Å². The Hall–Kier alpha value is -1.32. The summed E-state index contributed by atoms with van der Waals surface area (Å²) in [7, 11) is -1.83. The van der Waals surface area contributed by atoms with E-state index in [-0.39, 0.29) is 5.46 Å². The first kappa shape index (κ1) is 14.7. The molecule has 0 aliphatic carbocycles. The van der Waals surface area contributed by atoms with Crippen molar-refractivity contribution >= 4 is 12.6 Å². The molecule has 2 N–H and O–H groups in total. The van der Waals surface area contributed by atoms with Gasteiger partial charge in [-0.05, 0) is 17.6 Å². The molecule has 1 aromatic carbocycles. The fraction of sp³-hybridized carbons (Fsp3) is 0.333. The zero-order valence-electron chi connectivity index (χ0n) is 8.95. The average Bonchev–Trinajstić information content (AvgIpc) is 2.24. The maximum absolute atomic E-state index is 13.1. The predicted molar refractivity (Wildman–Crippen MR) is 53.7 cm³/mol. The van der Waals surface area contributed by atoms with Gasteiger partial charge >= 0.3 is 13.3 Å². The Morgan fingerprint density at radius 1 is 1.22 bits per heavy atom. The molecule has 0 aliphatic rings. The van der Waals surface area contributed by atoms with Gasteiger partial charge in [0.05, 0.1) is 0 Å². The molecule has 4 nitrogen and oxygen atoms in total. The van der Waals surface area contributed by atoms with Crippen LogP contribution in [-0.4, -0.2) is 36.7 Å². The van der Waals surface area contributed by atoms with Crippen molar-refractivity contribution in [2.24, 2.45) is 0 Å². The van der Waals surface area contributed by atoms with Crippen molar-refractivity contribution in [2.45, 2.75) is 6.18 Å². The van der Waals surface area contributed by atoms with E-state index in [0.29, 0.717) is 0 Å². The third-order valence-electron chi connectivity index (χ3n) is 1.82. The molecule has 0 aliphatic heterocycles. The van der Waals surface area contributed by atoms with Gasteiger partial charge in [-0.3, -0.25) is 0 Å². The molecule has 0 heterocycles. The fourth-order valence-electron chi connectivity index (χ4n) is 1.05. The van der Waals surface area contributed by atoms with Crippen molar-refractivity contribution in [1.29, 1.82) is 0 Å². The molecule has 0 saturated carbocycles. The van der Waals surface area contributed by atoms with E-state index in [0.717, 1.165) is 18.2 Å². The Labute approximate surface area is 99.9 Å². The first-order chi connectivity index (χ1) is 8.29. The van der Waals surface area contributed by atoms with Crippen LogP contribution in [0.1, 0.15) is 0 Å². The Morgan fingerprint density at radius 3 is 2.44 bits per heavy atom. The summed E-state index contributed by atoms with van der Waals surface area (Å²) in [4.78, 5) is 0. The van der Waals surface area contributed by atoms with Crippen LogP contribution in [0.4, 0.5) is 17.6 Å². The Morgan fingerprint density at radius 2 is 1.89 bits per heavy atom. The number of hydrogen-bond donors (Lipinski definition) is 2. The lowest BCUT2D eigenvalue weighted by molar-refractivity contribution is -0.187. The molecule has 0 fully saturated rings. The van der Waals surface area contributed by atoms with E-state index >= 15 is 0 Å². The molecule has 0 atom stereocenters. The molecular weight excluding hydrogens is 259 g/mol. The molecule has 9 heteroatoms. The fourth-order valence-corrected chi connectivity index (χ4v) is 1.05. The van der Waals surface area contributed by atoms with Crippen LogP contribution in [0.2, 0.25) is 0 Å². The number of halogens is 4. The average molecular weight is 268 g/mol. The minimum absolute atomic E-state index is 0.0535. The van der Waals surface area contributed by atoms with Crippen LogP contribution in [0.15, 0.2) is 18.2 Å². The molecule has 0 radical (unpaired) electrons. The molecule has 0 amide bonds. The second-order valence-corrected chi connectivity index (χ2v) is 3.29. The topological polar surface area (TPSA) is 58.9 Å². The van der Waals surface area contributed by atoms with Crippen molar-refractivity contribution in [3.63, 3.8) is 0 Å². The van der Waals surface area contributed by atoms with Gasteiger partial charge in [-0.1, -0.05) is 6.07 Å². The third kappa shape index (κ3) is 4.90. The lowest BCUT2D eigenvalue weighted by Crippen LogP contribution is -2.30. The van der Waals surface area contributed by atoms with Crippen LogP contribution in [0.5, 0.6) is 5.75 Å². The minimum atomic E-state index is -4.49. The summed E-state index contributed by atoms with van der Waals surface area (Å²) in [5, 5.41) is 17.6. The molecule has 1 aromatic rings. The van der Waals surface area contributed by atoms with Gasteiger partial charge in [-0.15, -0.1) is 0 Å². The summed E-state index contributed by atoms with van der Waals surface area (Å²) in [5.74, 6) is -1.28. The van der Waals surface area contributed by atoms with Crippen molar-refractivity contribution in [2.75, 3.05) is 13.4 Å². The highest BCUT2D eigenvalue weighted by Crippen LogP contribution is 2.16. The van der Waals surface area contributed by atoms with Crippen LogP contribution < -0.4 is 10.2 Å². The smallest absolute Gasteiger partial charge is 0.464 e. The van der Waals surface area contributed by atoms with Crippen LogP contribution in [0, 0.1) is 5.82 Å². The summed E-state index contributed by atoms with van der Waals surface area (Å²) in [6.45, 7) is -2.32. The van der Waals surface area contributed by atoms with E-state index in [1.165, 1.54) is 0 Å². The largest absolute Gasteiger partial charge is 0.488 e. The number of rotatable bonds is 5. The molecule has 100 valence electrons. The number of benzene rings is 1. The highest BCUT2D eigenvalue weighted by Gasteiger charge is 2.27. The van der Waals surface area contributed by atoms with E-state index in [1.54, 1.807) is 0 Å². The molecule has 0 spiro atoms. The van der Waals surface area contributed by atoms with E-state index in [9.17, 15) is 17.6 Å². The summed E-state index contributed by atoms with van der Waals surface area (Å²) in [5.41, 5.74) is -0.0535. The second kappa shape index (κ2) is 6.03. The maximum Gasteiger partial charge on any atom is 0.488 e. The first-order valence-electron chi connectivity index (χ1n) is 4.72. The van der Waals surface area contributed by atoms with Crippen molar-refractivity contribution in [1.82, 2.24) is 0 Å². The maximum atomic E-state index is 13.1. The third-order valence-corrected chi connectivity index (χ3v) is 1.82. The number of alkyl halides is 3. The van der Waals surface area contributed by atoms with Crippen LogP contribution >= 0.6 is 0 Å². The van der Waals surface area contributed by atoms with Gasteiger partial charge in [0, 0.05) is 0 Å². The number of hydrogen-bond acceptors (Lipinski definition) is 4. The van der Waals surface area contributed by atoms with Gasteiger partial charge in [0.1, 0.15) is 6.61 Å². The van der Waals surface area contributed by atoms with Gasteiger partial charge in [-0.25, -0.2) is 4.39 Å². The van der Waals surface area contributed by atoms with E-state index in [1.807, 2.05) is 0 Å². The molecule has 0 bridgehead atoms. The van der Waals surface area contributed by atoms with Gasteiger partial charge < -0.3 is 19.5 Å². The van der Waals surface area contributed by atoms with Crippen molar-refractivity contribution < 1.29 is 37.1 Å². The number of ether oxygens (including phenoxy) is 2. The SMILES string of the molecule is OB(O)c1ccc(F)c(OCOCC(F)(F)F)c1. The van der Waals surface area contributed by atoms with Gasteiger partial charge in [0.25, 0.3) is 0 Å². The van der Waals surface area contributed by atoms with Gasteiger partial charge in [0.2, 0.25) is 0 Å². The molecule has 0 saturated heterocycles. The quantitative estimate of drug-likeness (QED) is 0.351. The van der Waals surface area contributed by atoms with E-state index in [2.05, 4.69) is 9.47 Å². The van der Waals surface area contributed by atoms with E-state index in [4.69, 9.17) is 10.0 Å². The highest BCUT2D eigenvalue weighted by molar-refractivity contribution is 6.58. The van der Waals surface area contributed by atoms with Crippen LogP contribution in [0.3, 0.4) is 0 Å². The Balaban J connectivity index is 2.54. The normalized spacial score (nSPS) is 11.4. The predicted octanol–water partition coefficient (Wildman–Crippen LogP) is 0.421. The van der Waals surface area contributed by atoms with Crippen molar-refractivity contribution in [3.05, 3.63) is 24.0 Å². The van der Waals surface area contributed by atoms with E-state index < -0.39 is 38.3 Å². The zero-order chi connectivity index (χ0) is 13.8. The molecule has 18 heavy (non-hydrogen) atoms. The highest BCUT2D eigenvalue weighted by atomic mass is 19.4. The first-order valence-corrected chi connectivity index (χ1v) is 4.72. The summed E-state index contributed by atoms with van der Waals surface area (Å²) >= 11 is 0. The van der Waals surface area contributed by atoms with Gasteiger partial charge in [-0.2, -0.15) is 13.2 Å². The Kier molecular flexibility index (Phi) is 4.94. The molecule has 0 aromatic heterocycles. The molecular formula is C9H9BF4O4. The van der Waals surface area contributed by atoms with Gasteiger partial charge in [0.15, 0.2) is 18.4 Å². The van der Waals surface area contributed by atoms with Crippen LogP contribution in [-0.2, 0) is 4.74 Å². The minimum Gasteiger partial charge on any atom is -0.464 e. The molecule has 0 unspecified atom stereocenters. The zero-order valence-corrected chi connectivity index (χ0v) is 8.95. The summed E-state index contributed by atoms with van der Waals surface area (Å²) < 4.78 is 57.0. The Bertz CT molecular complexity index is 397.